The molecule has 4 aromatic rings. The van der Waals surface area contributed by atoms with Crippen molar-refractivity contribution in [2.75, 3.05) is 38.8 Å². The van der Waals surface area contributed by atoms with E-state index in [2.05, 4.69) is 45.2 Å². The van der Waals surface area contributed by atoms with Gasteiger partial charge in [-0.05, 0) is 81.5 Å². The van der Waals surface area contributed by atoms with E-state index in [1.54, 1.807) is 11.3 Å². The number of anilines is 1. The van der Waals surface area contributed by atoms with E-state index in [0.717, 1.165) is 28.0 Å². The highest BCUT2D eigenvalue weighted by molar-refractivity contribution is 7.16. The number of benzene rings is 3. The third-order valence-corrected chi connectivity index (χ3v) is 14.3. The molecule has 4 aliphatic rings. The molecule has 4 aliphatic heterocycles. The predicted molar refractivity (Wildman–Crippen MR) is 260 cm³/mol. The molecule has 1 fully saturated rings. The number of nitro groups is 1. The third kappa shape index (κ3) is 9.99. The maximum Gasteiger partial charge on any atom is 0.423 e. The maximum atomic E-state index is 13.9. The number of unbranched alkanes of at least 4 members (excludes halogenated alkanes) is 1. The van der Waals surface area contributed by atoms with Crippen molar-refractivity contribution in [1.29, 1.82) is 0 Å². The average Bonchev–Trinajstić information content (AvgIpc) is 3.94. The van der Waals surface area contributed by atoms with Gasteiger partial charge in [0.15, 0.2) is 18.1 Å². The number of thiophene rings is 1. The van der Waals surface area contributed by atoms with Gasteiger partial charge in [-0.2, -0.15) is 10.0 Å². The number of hydrazone groups is 1. The average molecular weight is 1030 g/mol. The monoisotopic (exact) mass is 1030 g/mol. The number of methoxy groups -OCH3 is 2. The van der Waals surface area contributed by atoms with Crippen LogP contribution in [0.1, 0.15) is 92.9 Å². The summed E-state index contributed by atoms with van der Waals surface area (Å²) in [5.41, 5.74) is 5.58. The first-order valence-corrected chi connectivity index (χ1v) is 24.0. The van der Waals surface area contributed by atoms with Gasteiger partial charge in [0, 0.05) is 41.4 Å². The Bertz CT molecular complexity index is 2910. The van der Waals surface area contributed by atoms with Gasteiger partial charge in [0.1, 0.15) is 35.4 Å². The molecule has 4 N–H and O–H groups in total. The largest absolute Gasteiger partial charge is 0.493 e. The lowest BCUT2D eigenvalue weighted by Crippen LogP contribution is -2.57. The molecular weight excluding hydrogens is 978 g/mol. The second-order valence-electron chi connectivity index (χ2n) is 17.2. The molecule has 0 saturated carbocycles. The van der Waals surface area contributed by atoms with Crippen molar-refractivity contribution in [3.05, 3.63) is 108 Å². The number of hydrogen-bond donors (Lipinski definition) is 4. The first kappa shape index (κ1) is 50.7. The van der Waals surface area contributed by atoms with E-state index in [4.69, 9.17) is 30.5 Å². The van der Waals surface area contributed by atoms with Crippen LogP contribution in [0.25, 0.3) is 0 Å². The van der Waals surface area contributed by atoms with Crippen molar-refractivity contribution in [2.45, 2.75) is 83.8 Å². The number of halogens is 1. The molecule has 4 atom stereocenters. The zero-order valence-corrected chi connectivity index (χ0v) is 41.3. The van der Waals surface area contributed by atoms with Crippen LogP contribution in [0.5, 0.6) is 17.2 Å². The van der Waals surface area contributed by atoms with Crippen molar-refractivity contribution in [2.24, 2.45) is 5.10 Å². The van der Waals surface area contributed by atoms with Crippen LogP contribution in [0, 0.1) is 24.0 Å². The highest BCUT2D eigenvalue weighted by atomic mass is 35.5. The van der Waals surface area contributed by atoms with Gasteiger partial charge in [0.25, 0.3) is 29.3 Å². The molecule has 0 spiro atoms. The van der Waals surface area contributed by atoms with Crippen LogP contribution in [0.15, 0.2) is 59.7 Å². The lowest BCUT2D eigenvalue weighted by molar-refractivity contribution is -0.385. The Labute approximate surface area is 421 Å². The minimum atomic E-state index is -1.60. The van der Waals surface area contributed by atoms with Gasteiger partial charge < -0.3 is 29.6 Å². The van der Waals surface area contributed by atoms with E-state index in [9.17, 15) is 43.7 Å². The van der Waals surface area contributed by atoms with Crippen molar-refractivity contribution >= 4 is 81.0 Å². The second-order valence-corrected chi connectivity index (χ2v) is 18.8. The van der Waals surface area contributed by atoms with Crippen molar-refractivity contribution < 1.29 is 57.4 Å². The number of rotatable bonds is 17. The molecule has 7 amide bonds. The first-order valence-electron chi connectivity index (χ1n) is 22.8. The smallest absolute Gasteiger partial charge is 0.423 e. The Morgan fingerprint density at radius 1 is 0.917 bits per heavy atom. The number of hydrogen-bond acceptors (Lipinski definition) is 18. The number of fused-ring (bicyclic) bond motifs is 4. The number of amides is 7. The van der Waals surface area contributed by atoms with Crippen LogP contribution in [0.2, 0.25) is 5.02 Å². The normalized spacial score (nSPS) is 19.1. The summed E-state index contributed by atoms with van der Waals surface area (Å²) in [6, 6.07) is 12.0. The van der Waals surface area contributed by atoms with Crippen molar-refractivity contribution in [3.8, 4) is 17.2 Å². The van der Waals surface area contributed by atoms with E-state index < -0.39 is 71.9 Å². The summed E-state index contributed by atoms with van der Waals surface area (Å²) in [5, 5.41) is 27.5. The predicted octanol–water partition coefficient (Wildman–Crippen LogP) is 5.01. The maximum absolute atomic E-state index is 13.9. The number of ether oxygens (including phenoxy) is 4. The first-order chi connectivity index (χ1) is 34.5. The molecule has 72 heavy (non-hydrogen) atoms. The highest BCUT2D eigenvalue weighted by Gasteiger charge is 2.50. The summed E-state index contributed by atoms with van der Waals surface area (Å²) < 4.78 is 21.2. The molecule has 0 bridgehead atoms. The van der Waals surface area contributed by atoms with Gasteiger partial charge in [-0.3, -0.25) is 59.4 Å². The molecular formula is C48H50ClN9O13S. The molecule has 3 aromatic carbocycles. The Morgan fingerprint density at radius 2 is 1.61 bits per heavy atom. The molecule has 0 radical (unpaired) electrons. The number of nitrogens with zero attached hydrogens (tertiary/aromatic N) is 5. The molecule has 24 heteroatoms. The van der Waals surface area contributed by atoms with Gasteiger partial charge in [-0.25, -0.2) is 4.79 Å². The zero-order chi connectivity index (χ0) is 51.5. The molecule has 1 aromatic heterocycles. The van der Waals surface area contributed by atoms with Gasteiger partial charge in [0.05, 0.1) is 54.0 Å². The van der Waals surface area contributed by atoms with E-state index in [0.29, 0.717) is 29.3 Å². The SMILES string of the molecule is COc1cc(COC(=O)N2C(=O)CCC(N3C(=O)c4cccc(OCC(=O)NCCCCNC(=O)C[C@@H]5NC(c6ccc(Cl)cc6)c6c(sc(C)c6C)N6C(C)=NNC56)c4C3=O)C2=O)c([N+](=O)[O-])cc1OC. The lowest BCUT2D eigenvalue weighted by Gasteiger charge is -2.32. The van der Waals surface area contributed by atoms with Crippen LogP contribution < -0.4 is 40.5 Å². The number of amidine groups is 1. The second kappa shape index (κ2) is 21.4. The Kier molecular flexibility index (Phi) is 15.1. The summed E-state index contributed by atoms with van der Waals surface area (Å²) >= 11 is 7.95. The summed E-state index contributed by atoms with van der Waals surface area (Å²) in [7, 11) is 2.57. The lowest BCUT2D eigenvalue weighted by atomic mass is 9.96. The summed E-state index contributed by atoms with van der Waals surface area (Å²) in [6.45, 7) is 5.46. The fourth-order valence-electron chi connectivity index (χ4n) is 9.08. The topological polar surface area (TPSA) is 270 Å². The van der Waals surface area contributed by atoms with Gasteiger partial charge in [0.2, 0.25) is 11.8 Å². The van der Waals surface area contributed by atoms with Gasteiger partial charge in [-0.1, -0.05) is 29.8 Å². The van der Waals surface area contributed by atoms with Gasteiger partial charge >= 0.3 is 6.09 Å². The molecule has 8 rings (SSSR count). The molecule has 3 unspecified atom stereocenters. The standard InChI is InChI=1S/C48H50ClN9O13S/c1-24-25(2)72-47-40(24)42(27-11-13-29(49)14-12-27)52-31(43-54-53-26(3)55(43)47)20-37(59)50-17-6-7-18-51-38(60)23-70-34-10-8-9-30-41(34)46(64)56(44(30)62)32-15-16-39(61)57(45(32)63)48(65)71-22-28-19-35(68-4)36(69-5)21-33(28)58(66)67/h8-14,19,21,31-32,42-43,52,54H,6-7,15-18,20,22-23H2,1-5H3,(H,50,59)(H,51,60)/t31-,32?,42?,43?/m0/s1. The van der Waals surface area contributed by atoms with Crippen LogP contribution in [-0.2, 0) is 30.5 Å². The van der Waals surface area contributed by atoms with Gasteiger partial charge in [-0.15, -0.1) is 11.3 Å². The minimum Gasteiger partial charge on any atom is -0.493 e. The van der Waals surface area contributed by atoms with Crippen LogP contribution in [0.3, 0.4) is 0 Å². The molecule has 0 aliphatic carbocycles. The quantitative estimate of drug-likeness (QED) is 0.0469. The Morgan fingerprint density at radius 3 is 2.31 bits per heavy atom. The fraction of sp³-hybridized carbons (Fsp3) is 0.375. The number of nitro benzene ring substituents is 1. The molecule has 22 nitrogen and oxygen atoms in total. The van der Waals surface area contributed by atoms with E-state index >= 15 is 0 Å². The van der Waals surface area contributed by atoms with Crippen LogP contribution in [-0.4, -0.2) is 114 Å². The molecule has 1 saturated heterocycles. The number of imide groups is 4. The zero-order valence-electron chi connectivity index (χ0n) is 39.7. The van der Waals surface area contributed by atoms with E-state index in [1.165, 1.54) is 48.9 Å². The van der Waals surface area contributed by atoms with Crippen LogP contribution in [0.4, 0.5) is 15.5 Å². The minimum absolute atomic E-state index is 0.0327. The van der Waals surface area contributed by atoms with Crippen molar-refractivity contribution in [3.63, 3.8) is 0 Å². The van der Waals surface area contributed by atoms with E-state index in [1.807, 2.05) is 31.2 Å². The van der Waals surface area contributed by atoms with Crippen LogP contribution >= 0.6 is 22.9 Å². The summed E-state index contributed by atoms with van der Waals surface area (Å²) in [5.74, 6) is -3.93. The Hall–Kier alpha value is -7.63. The van der Waals surface area contributed by atoms with Crippen molar-refractivity contribution in [1.82, 2.24) is 31.2 Å². The Balaban J connectivity index is 0.813. The number of likely N-dealkylation sites (tertiary alicyclic amines) is 1. The molecule has 378 valence electrons. The number of carbonyl (C=O) groups is 7. The highest BCUT2D eigenvalue weighted by Crippen LogP contribution is 2.46. The third-order valence-electron chi connectivity index (χ3n) is 12.8. The summed E-state index contributed by atoms with van der Waals surface area (Å²) in [6.07, 6.45) is -1.32. The summed E-state index contributed by atoms with van der Waals surface area (Å²) in [4.78, 5) is 109. The molecule has 5 heterocycles. The fourth-order valence-corrected chi connectivity index (χ4v) is 10.5. The number of carbonyl (C=O) groups excluding carboxylic acids is 7. The number of aryl methyl sites for hydroxylation is 1. The van der Waals surface area contributed by atoms with E-state index in [-0.39, 0.29) is 82.4 Å². The number of nitrogens with one attached hydrogen (secondary N) is 4. The number of piperidine rings is 1.